The molecule has 54 valence electrons. The fourth-order valence-corrected chi connectivity index (χ4v) is 0.882. The summed E-state index contributed by atoms with van der Waals surface area (Å²) in [6.45, 7) is 0. The Kier molecular flexibility index (Phi) is 1.81. The van der Waals surface area contributed by atoms with Crippen molar-refractivity contribution in [1.29, 1.82) is 0 Å². The monoisotopic (exact) mass is 160 g/mol. The number of aromatic amines is 1. The van der Waals surface area contributed by atoms with Gasteiger partial charge in [0.05, 0.1) is 11.9 Å². The van der Waals surface area contributed by atoms with Crippen LogP contribution >= 0.6 is 11.9 Å². The molecule has 0 aromatic carbocycles. The van der Waals surface area contributed by atoms with E-state index in [9.17, 15) is 9.59 Å². The Labute approximate surface area is 59.8 Å². The largest absolute Gasteiger partial charge is 0.472 e. The lowest BCUT2D eigenvalue weighted by Gasteiger charge is -1.91. The molecule has 0 spiro atoms. The van der Waals surface area contributed by atoms with Crippen LogP contribution in [0.5, 0.6) is 0 Å². The first-order valence-corrected chi connectivity index (χ1v) is 3.15. The Bertz CT molecular complexity index is 289. The average Bonchev–Trinajstić information content (AvgIpc) is 2.13. The van der Waals surface area contributed by atoms with E-state index >= 15 is 0 Å². The van der Waals surface area contributed by atoms with Crippen molar-refractivity contribution in [2.24, 2.45) is 0 Å². The maximum Gasteiger partial charge on any atom is 0.387 e. The van der Waals surface area contributed by atoms with E-state index in [-0.39, 0.29) is 5.56 Å². The number of carbonyl (C=O) groups is 1. The molecule has 1 aromatic rings. The van der Waals surface area contributed by atoms with Crippen molar-refractivity contribution in [2.45, 2.75) is 0 Å². The van der Waals surface area contributed by atoms with Crippen molar-refractivity contribution < 1.29 is 9.90 Å². The molecule has 5 nitrogen and oxygen atoms in total. The van der Waals surface area contributed by atoms with Crippen LogP contribution in [0.2, 0.25) is 0 Å². The van der Waals surface area contributed by atoms with Crippen molar-refractivity contribution in [3.63, 3.8) is 0 Å². The van der Waals surface area contributed by atoms with Gasteiger partial charge in [-0.25, -0.2) is 8.88 Å². The van der Waals surface area contributed by atoms with Gasteiger partial charge in [-0.2, -0.15) is 0 Å². The highest BCUT2D eigenvalue weighted by atomic mass is 32.2. The Morgan fingerprint density at radius 3 is 2.90 bits per heavy atom. The highest BCUT2D eigenvalue weighted by Gasteiger charge is 1.98. The van der Waals surface area contributed by atoms with E-state index in [2.05, 4.69) is 5.10 Å². The zero-order chi connectivity index (χ0) is 7.56. The van der Waals surface area contributed by atoms with Crippen LogP contribution in [0.1, 0.15) is 0 Å². The van der Waals surface area contributed by atoms with E-state index in [1.54, 1.807) is 0 Å². The summed E-state index contributed by atoms with van der Waals surface area (Å²) in [5.41, 5.74) is -0.311. The van der Waals surface area contributed by atoms with Crippen LogP contribution < -0.4 is 5.56 Å². The van der Waals surface area contributed by atoms with E-state index in [0.29, 0.717) is 11.9 Å². The molecule has 0 aliphatic carbocycles. The molecule has 0 bridgehead atoms. The molecule has 0 aliphatic rings. The fraction of sp³-hybridized carbons (Fsp3) is 0. The zero-order valence-electron chi connectivity index (χ0n) is 4.77. The topological polar surface area (TPSA) is 75.1 Å². The third kappa shape index (κ3) is 1.66. The molecule has 1 heterocycles. The van der Waals surface area contributed by atoms with E-state index in [1.807, 2.05) is 0 Å². The second-order valence-corrected chi connectivity index (χ2v) is 2.40. The molecule has 2 N–H and O–H groups in total. The minimum absolute atomic E-state index is 0.311. The molecule has 0 fully saturated rings. The number of hydrogen-bond donors (Lipinski definition) is 2. The number of rotatable bonds is 1. The summed E-state index contributed by atoms with van der Waals surface area (Å²) < 4.78 is 1.12. The van der Waals surface area contributed by atoms with Crippen molar-refractivity contribution in [3.05, 3.63) is 22.6 Å². The van der Waals surface area contributed by atoms with E-state index in [0.717, 1.165) is 4.09 Å². The van der Waals surface area contributed by atoms with Gasteiger partial charge in [-0.05, 0) is 0 Å². The third-order valence-electron chi connectivity index (χ3n) is 0.758. The maximum absolute atomic E-state index is 10.4. The molecule has 0 unspecified atom stereocenters. The second-order valence-electron chi connectivity index (χ2n) is 1.47. The first-order valence-electron chi connectivity index (χ1n) is 2.37. The quantitative estimate of drug-likeness (QED) is 0.621. The van der Waals surface area contributed by atoms with Gasteiger partial charge in [-0.1, -0.05) is 0 Å². The lowest BCUT2D eigenvalue weighted by atomic mass is 10.7. The smallest absolute Gasteiger partial charge is 0.387 e. The Balaban J connectivity index is 2.76. The van der Waals surface area contributed by atoms with Gasteiger partial charge in [0.2, 0.25) is 0 Å². The fourth-order valence-electron chi connectivity index (χ4n) is 0.456. The number of carboxylic acid groups (broad SMARTS) is 1. The first-order chi connectivity index (χ1) is 4.68. The van der Waals surface area contributed by atoms with E-state index < -0.39 is 5.30 Å². The standard InChI is InChI=1S/C4H4N2O3S/c7-3-1-2-6(5-3)10-4(8)9/h1-2H,(H,5,7)(H,8,9). The number of nitrogens with one attached hydrogen (secondary N) is 1. The van der Waals surface area contributed by atoms with Crippen molar-refractivity contribution >= 4 is 17.2 Å². The minimum atomic E-state index is -1.06. The van der Waals surface area contributed by atoms with E-state index in [4.69, 9.17) is 5.11 Å². The van der Waals surface area contributed by atoms with Gasteiger partial charge in [0.25, 0.3) is 5.56 Å². The molecule has 0 atom stereocenters. The van der Waals surface area contributed by atoms with Gasteiger partial charge < -0.3 is 5.11 Å². The van der Waals surface area contributed by atoms with Crippen LogP contribution in [0.15, 0.2) is 17.1 Å². The van der Waals surface area contributed by atoms with Crippen LogP contribution in [0.25, 0.3) is 0 Å². The molecule has 1 aromatic heterocycles. The summed E-state index contributed by atoms with van der Waals surface area (Å²) >= 11 is 0.497. The lowest BCUT2D eigenvalue weighted by Crippen LogP contribution is -2.01. The SMILES string of the molecule is O=C(O)Sn1ccc(=O)[nH]1. The lowest BCUT2D eigenvalue weighted by molar-refractivity contribution is 0.222. The summed E-state index contributed by atoms with van der Waals surface area (Å²) in [5, 5.41) is 9.38. The summed E-state index contributed by atoms with van der Waals surface area (Å²) in [7, 11) is 0. The molecular formula is C4H4N2O3S. The number of hydrogen-bond acceptors (Lipinski definition) is 3. The van der Waals surface area contributed by atoms with Crippen LogP contribution in [0.3, 0.4) is 0 Å². The predicted molar refractivity (Wildman–Crippen MR) is 36.1 cm³/mol. The molecule has 0 radical (unpaired) electrons. The molecular weight excluding hydrogens is 156 g/mol. The van der Waals surface area contributed by atoms with Crippen LogP contribution in [0, 0.1) is 0 Å². The second kappa shape index (κ2) is 2.61. The molecule has 0 saturated heterocycles. The van der Waals surface area contributed by atoms with Crippen LogP contribution in [-0.4, -0.2) is 19.6 Å². The predicted octanol–water partition coefficient (Wildman–Crippen LogP) is 0.351. The molecule has 0 aliphatic heterocycles. The van der Waals surface area contributed by atoms with Crippen LogP contribution in [0.4, 0.5) is 4.79 Å². The van der Waals surface area contributed by atoms with Gasteiger partial charge >= 0.3 is 5.30 Å². The molecule has 10 heavy (non-hydrogen) atoms. The van der Waals surface area contributed by atoms with Gasteiger partial charge in [-0.3, -0.25) is 9.89 Å². The van der Waals surface area contributed by atoms with Crippen LogP contribution in [-0.2, 0) is 0 Å². The van der Waals surface area contributed by atoms with Crippen molar-refractivity contribution in [1.82, 2.24) is 9.19 Å². The number of H-pyrrole nitrogens is 1. The Morgan fingerprint density at radius 2 is 2.50 bits per heavy atom. The minimum Gasteiger partial charge on any atom is -0.472 e. The molecule has 6 heteroatoms. The Morgan fingerprint density at radius 1 is 1.80 bits per heavy atom. The number of aromatic nitrogens is 2. The third-order valence-corrected chi connectivity index (χ3v) is 1.32. The normalized spacial score (nSPS) is 9.60. The Hall–Kier alpha value is -1.17. The van der Waals surface area contributed by atoms with Gasteiger partial charge in [0.1, 0.15) is 0 Å². The zero-order valence-corrected chi connectivity index (χ0v) is 5.59. The molecule has 0 amide bonds. The molecule has 0 saturated carbocycles. The summed E-state index contributed by atoms with van der Waals surface area (Å²) in [5.74, 6) is 0. The van der Waals surface area contributed by atoms with Gasteiger partial charge in [0, 0.05) is 12.3 Å². The van der Waals surface area contributed by atoms with Gasteiger partial charge in [0.15, 0.2) is 0 Å². The highest BCUT2D eigenvalue weighted by molar-refractivity contribution is 8.11. The van der Waals surface area contributed by atoms with Crippen molar-refractivity contribution in [2.75, 3.05) is 0 Å². The summed E-state index contributed by atoms with van der Waals surface area (Å²) in [6, 6.07) is 1.25. The van der Waals surface area contributed by atoms with Gasteiger partial charge in [-0.15, -0.1) is 0 Å². The van der Waals surface area contributed by atoms with Crippen molar-refractivity contribution in [3.8, 4) is 0 Å². The first kappa shape index (κ1) is 6.94. The highest BCUT2D eigenvalue weighted by Crippen LogP contribution is 2.00. The maximum atomic E-state index is 10.4. The average molecular weight is 160 g/mol. The summed E-state index contributed by atoms with van der Waals surface area (Å²) in [6.07, 6.45) is 1.35. The van der Waals surface area contributed by atoms with E-state index in [1.165, 1.54) is 12.3 Å². The molecule has 1 rings (SSSR count). The number of nitrogens with zero attached hydrogens (tertiary/aromatic N) is 1. The summed E-state index contributed by atoms with van der Waals surface area (Å²) in [4.78, 5) is 20.4.